The highest BCUT2D eigenvalue weighted by Gasteiger charge is 2.06. The lowest BCUT2D eigenvalue weighted by molar-refractivity contribution is 0.766. The number of hydrogen-bond donors (Lipinski definition) is 2. The summed E-state index contributed by atoms with van der Waals surface area (Å²) in [6.07, 6.45) is 4.76. The summed E-state index contributed by atoms with van der Waals surface area (Å²) >= 11 is 0. The molecular formula is C7H12N2. The van der Waals surface area contributed by atoms with Crippen LogP contribution in [0.3, 0.4) is 0 Å². The topological polar surface area (TPSA) is 52.0 Å². The molecule has 0 aromatic rings. The molecule has 2 nitrogen and oxygen atoms in total. The minimum atomic E-state index is 0.192. The molecule has 1 aliphatic carbocycles. The molecule has 0 aromatic carbocycles. The van der Waals surface area contributed by atoms with Crippen molar-refractivity contribution >= 4 is 0 Å². The first-order chi connectivity index (χ1) is 4.20. The molecule has 9 heavy (non-hydrogen) atoms. The van der Waals surface area contributed by atoms with Crippen molar-refractivity contribution < 1.29 is 0 Å². The fraction of sp³-hybridized carbons (Fsp3) is 0.429. The van der Waals surface area contributed by atoms with Crippen LogP contribution in [0.1, 0.15) is 13.3 Å². The summed E-state index contributed by atoms with van der Waals surface area (Å²) in [4.78, 5) is 0. The molecule has 1 unspecified atom stereocenters. The molecule has 0 aliphatic heterocycles. The van der Waals surface area contributed by atoms with Crippen molar-refractivity contribution in [2.45, 2.75) is 19.4 Å². The van der Waals surface area contributed by atoms with Crippen LogP contribution in [0.25, 0.3) is 0 Å². The normalized spacial score (nSPS) is 27.1. The predicted octanol–water partition coefficient (Wildman–Crippen LogP) is 0.506. The fourth-order valence-electron chi connectivity index (χ4n) is 0.878. The van der Waals surface area contributed by atoms with Gasteiger partial charge in [-0.15, -0.1) is 0 Å². The molecular weight excluding hydrogens is 112 g/mol. The van der Waals surface area contributed by atoms with E-state index in [0.29, 0.717) is 0 Å². The second kappa shape index (κ2) is 2.23. The van der Waals surface area contributed by atoms with Crippen molar-refractivity contribution in [1.29, 1.82) is 0 Å². The summed E-state index contributed by atoms with van der Waals surface area (Å²) in [6, 6.07) is 0.192. The molecule has 0 amide bonds. The van der Waals surface area contributed by atoms with Gasteiger partial charge in [-0.05, 0) is 19.4 Å². The lowest BCUT2D eigenvalue weighted by Gasteiger charge is -2.14. The van der Waals surface area contributed by atoms with Gasteiger partial charge in [-0.2, -0.15) is 0 Å². The molecule has 0 bridgehead atoms. The monoisotopic (exact) mass is 124 g/mol. The van der Waals surface area contributed by atoms with Crippen molar-refractivity contribution in [3.05, 3.63) is 23.4 Å². The van der Waals surface area contributed by atoms with E-state index in [9.17, 15) is 0 Å². The molecule has 0 fully saturated rings. The smallest absolute Gasteiger partial charge is 0.0290 e. The van der Waals surface area contributed by atoms with Crippen molar-refractivity contribution in [2.24, 2.45) is 11.5 Å². The van der Waals surface area contributed by atoms with E-state index in [1.807, 2.05) is 19.1 Å². The summed E-state index contributed by atoms with van der Waals surface area (Å²) in [5.41, 5.74) is 13.2. The van der Waals surface area contributed by atoms with E-state index in [2.05, 4.69) is 0 Å². The maximum atomic E-state index is 5.67. The molecule has 50 valence electrons. The Hall–Kier alpha value is -0.760. The van der Waals surface area contributed by atoms with Crippen LogP contribution in [0.2, 0.25) is 0 Å². The number of nitrogens with two attached hydrogens (primary N) is 2. The quantitative estimate of drug-likeness (QED) is 0.494. The minimum absolute atomic E-state index is 0.192. The van der Waals surface area contributed by atoms with E-state index < -0.39 is 0 Å². The van der Waals surface area contributed by atoms with Gasteiger partial charge in [0.25, 0.3) is 0 Å². The molecule has 0 saturated carbocycles. The molecule has 1 aliphatic rings. The van der Waals surface area contributed by atoms with Gasteiger partial charge in [-0.3, -0.25) is 0 Å². The maximum absolute atomic E-state index is 5.67. The molecule has 0 heterocycles. The Morgan fingerprint density at radius 3 is 2.78 bits per heavy atom. The van der Waals surface area contributed by atoms with Gasteiger partial charge in [0.1, 0.15) is 0 Å². The maximum Gasteiger partial charge on any atom is 0.0290 e. The van der Waals surface area contributed by atoms with Gasteiger partial charge in [-0.25, -0.2) is 0 Å². The molecule has 1 atom stereocenters. The van der Waals surface area contributed by atoms with E-state index in [-0.39, 0.29) is 6.04 Å². The van der Waals surface area contributed by atoms with Gasteiger partial charge in [0.05, 0.1) is 0 Å². The Labute approximate surface area is 55.2 Å². The van der Waals surface area contributed by atoms with Gasteiger partial charge in [0.15, 0.2) is 0 Å². The highest BCUT2D eigenvalue weighted by atomic mass is 14.7. The lowest BCUT2D eigenvalue weighted by atomic mass is 10.0. The van der Waals surface area contributed by atoms with Crippen LogP contribution in [0.5, 0.6) is 0 Å². The molecule has 1 rings (SSSR count). The number of allylic oxidation sites excluding steroid dienone is 1. The summed E-state index contributed by atoms with van der Waals surface area (Å²) in [7, 11) is 0. The SMILES string of the molecule is CC1=CC(N)=CCC1N. The first kappa shape index (κ1) is 6.36. The van der Waals surface area contributed by atoms with E-state index in [1.54, 1.807) is 0 Å². The van der Waals surface area contributed by atoms with Crippen LogP contribution < -0.4 is 11.5 Å². The summed E-state index contributed by atoms with van der Waals surface area (Å²) in [5, 5.41) is 0. The van der Waals surface area contributed by atoms with Gasteiger partial charge < -0.3 is 11.5 Å². The van der Waals surface area contributed by atoms with Gasteiger partial charge >= 0.3 is 0 Å². The average Bonchev–Trinajstić information content (AvgIpc) is 1.80. The first-order valence-corrected chi connectivity index (χ1v) is 3.09. The largest absolute Gasteiger partial charge is 0.399 e. The van der Waals surface area contributed by atoms with Crippen LogP contribution in [0.4, 0.5) is 0 Å². The lowest BCUT2D eigenvalue weighted by Crippen LogP contribution is -2.23. The van der Waals surface area contributed by atoms with E-state index in [4.69, 9.17) is 11.5 Å². The van der Waals surface area contributed by atoms with Crippen molar-refractivity contribution in [3.63, 3.8) is 0 Å². The Morgan fingerprint density at radius 2 is 2.33 bits per heavy atom. The van der Waals surface area contributed by atoms with Crippen molar-refractivity contribution in [3.8, 4) is 0 Å². The van der Waals surface area contributed by atoms with Gasteiger partial charge in [0, 0.05) is 11.7 Å². The summed E-state index contributed by atoms with van der Waals surface area (Å²) in [6.45, 7) is 2.00. The highest BCUT2D eigenvalue weighted by molar-refractivity contribution is 5.27. The summed E-state index contributed by atoms with van der Waals surface area (Å²) in [5.74, 6) is 0. The average molecular weight is 124 g/mol. The molecule has 0 saturated heterocycles. The zero-order chi connectivity index (χ0) is 6.85. The standard InChI is InChI=1S/C7H12N2/c1-5-4-6(8)2-3-7(5)9/h2,4,7H,3,8-9H2,1H3. The molecule has 0 spiro atoms. The first-order valence-electron chi connectivity index (χ1n) is 3.09. The van der Waals surface area contributed by atoms with Crippen LogP contribution in [0.15, 0.2) is 23.4 Å². The Balaban J connectivity index is 2.74. The Morgan fingerprint density at radius 1 is 1.67 bits per heavy atom. The second-order valence-electron chi connectivity index (χ2n) is 2.43. The molecule has 0 radical (unpaired) electrons. The van der Waals surface area contributed by atoms with E-state index >= 15 is 0 Å². The predicted molar refractivity (Wildman–Crippen MR) is 38.6 cm³/mol. The van der Waals surface area contributed by atoms with E-state index in [0.717, 1.165) is 12.1 Å². The van der Waals surface area contributed by atoms with Crippen molar-refractivity contribution in [1.82, 2.24) is 0 Å². The van der Waals surface area contributed by atoms with Crippen LogP contribution >= 0.6 is 0 Å². The second-order valence-corrected chi connectivity index (χ2v) is 2.43. The van der Waals surface area contributed by atoms with E-state index in [1.165, 1.54) is 5.57 Å². The third-order valence-corrected chi connectivity index (χ3v) is 1.59. The highest BCUT2D eigenvalue weighted by Crippen LogP contribution is 2.11. The van der Waals surface area contributed by atoms with Gasteiger partial charge in [-0.1, -0.05) is 11.6 Å². The Bertz CT molecular complexity index is 168. The third kappa shape index (κ3) is 1.33. The molecule has 0 aromatic heterocycles. The fourth-order valence-corrected chi connectivity index (χ4v) is 0.878. The molecule has 4 N–H and O–H groups in total. The van der Waals surface area contributed by atoms with Crippen molar-refractivity contribution in [2.75, 3.05) is 0 Å². The zero-order valence-electron chi connectivity index (χ0n) is 5.59. The van der Waals surface area contributed by atoms with Crippen LogP contribution in [0, 0.1) is 0 Å². The number of rotatable bonds is 0. The third-order valence-electron chi connectivity index (χ3n) is 1.59. The Kier molecular flexibility index (Phi) is 1.58. The van der Waals surface area contributed by atoms with Gasteiger partial charge in [0.2, 0.25) is 0 Å². The molecule has 2 heteroatoms. The summed E-state index contributed by atoms with van der Waals surface area (Å²) < 4.78 is 0. The number of hydrogen-bond acceptors (Lipinski definition) is 2. The van der Waals surface area contributed by atoms with Crippen LogP contribution in [-0.4, -0.2) is 6.04 Å². The minimum Gasteiger partial charge on any atom is -0.399 e. The zero-order valence-corrected chi connectivity index (χ0v) is 5.59. The van der Waals surface area contributed by atoms with Crippen LogP contribution in [-0.2, 0) is 0 Å².